The fourth-order valence-corrected chi connectivity index (χ4v) is 2.30. The quantitative estimate of drug-likeness (QED) is 0.797. The molecule has 1 nitrogen and oxygen atoms in total. The Morgan fingerprint density at radius 1 is 1.06 bits per heavy atom. The monoisotopic (exact) mass is 265 g/mol. The van der Waals surface area contributed by atoms with Gasteiger partial charge >= 0.3 is 0 Å². The van der Waals surface area contributed by atoms with E-state index in [0.29, 0.717) is 5.69 Å². The molecule has 88 valence electrons. The van der Waals surface area contributed by atoms with Crippen LogP contribution in [0.1, 0.15) is 16.7 Å². The van der Waals surface area contributed by atoms with E-state index in [1.54, 1.807) is 6.07 Å². The van der Waals surface area contributed by atoms with Gasteiger partial charge in [0.1, 0.15) is 0 Å². The molecule has 3 heteroatoms. The summed E-state index contributed by atoms with van der Waals surface area (Å²) in [6, 6.07) is 11.5. The lowest BCUT2D eigenvalue weighted by molar-refractivity contribution is 1.16. The Balaban J connectivity index is 2.33. The van der Waals surface area contributed by atoms with Gasteiger partial charge in [-0.3, -0.25) is 0 Å². The van der Waals surface area contributed by atoms with Crippen LogP contribution in [-0.2, 0) is 6.42 Å². The van der Waals surface area contributed by atoms with Crippen molar-refractivity contribution in [3.05, 3.63) is 63.1 Å². The summed E-state index contributed by atoms with van der Waals surface area (Å²) in [5, 5.41) is 1.46. The molecule has 0 aromatic heterocycles. The molecule has 2 N–H and O–H groups in total. The molecular weight excluding hydrogens is 253 g/mol. The molecule has 0 unspecified atom stereocenters. The molecule has 0 aliphatic heterocycles. The number of halogens is 2. The predicted molar refractivity (Wildman–Crippen MR) is 74.9 cm³/mol. The Morgan fingerprint density at radius 2 is 1.71 bits per heavy atom. The van der Waals surface area contributed by atoms with E-state index in [1.165, 1.54) is 5.56 Å². The highest BCUT2D eigenvalue weighted by Gasteiger charge is 2.06. The number of anilines is 1. The zero-order valence-corrected chi connectivity index (χ0v) is 11.0. The number of hydrogen-bond donors (Lipinski definition) is 1. The van der Waals surface area contributed by atoms with Crippen LogP contribution in [0.5, 0.6) is 0 Å². The van der Waals surface area contributed by atoms with Crippen LogP contribution in [0.15, 0.2) is 36.4 Å². The van der Waals surface area contributed by atoms with Crippen LogP contribution >= 0.6 is 23.2 Å². The van der Waals surface area contributed by atoms with Crippen molar-refractivity contribution in [2.24, 2.45) is 0 Å². The second-order valence-electron chi connectivity index (χ2n) is 4.10. The maximum atomic E-state index is 6.21. The molecule has 0 aliphatic rings. The first-order valence-corrected chi connectivity index (χ1v) is 6.11. The Bertz CT molecular complexity index is 509. The first kappa shape index (κ1) is 12.3. The third-order valence-electron chi connectivity index (χ3n) is 2.74. The third kappa shape index (κ3) is 2.93. The molecule has 0 saturated carbocycles. The van der Waals surface area contributed by atoms with E-state index in [-0.39, 0.29) is 0 Å². The normalized spacial score (nSPS) is 10.5. The van der Waals surface area contributed by atoms with Crippen LogP contribution in [0.2, 0.25) is 10.0 Å². The zero-order valence-electron chi connectivity index (χ0n) is 9.50. The summed E-state index contributed by atoms with van der Waals surface area (Å²) in [5.41, 5.74) is 9.86. The largest absolute Gasteiger partial charge is 0.399 e. The summed E-state index contributed by atoms with van der Waals surface area (Å²) in [6.07, 6.45) is 0.794. The van der Waals surface area contributed by atoms with Gasteiger partial charge in [-0.1, -0.05) is 35.3 Å². The highest BCUT2D eigenvalue weighted by Crippen LogP contribution is 2.26. The van der Waals surface area contributed by atoms with Crippen LogP contribution in [0.3, 0.4) is 0 Å². The van der Waals surface area contributed by atoms with E-state index >= 15 is 0 Å². The van der Waals surface area contributed by atoms with Crippen molar-refractivity contribution in [3.63, 3.8) is 0 Å². The van der Waals surface area contributed by atoms with Crippen molar-refractivity contribution in [2.45, 2.75) is 13.3 Å². The summed E-state index contributed by atoms with van der Waals surface area (Å²) in [6.45, 7) is 2.02. The summed E-state index contributed by atoms with van der Waals surface area (Å²) in [5.74, 6) is 0. The average Bonchev–Trinajstić information content (AvgIpc) is 2.26. The van der Waals surface area contributed by atoms with Crippen LogP contribution in [0.4, 0.5) is 5.69 Å². The van der Waals surface area contributed by atoms with Gasteiger partial charge in [-0.05, 0) is 54.3 Å². The van der Waals surface area contributed by atoms with Crippen molar-refractivity contribution >= 4 is 28.9 Å². The summed E-state index contributed by atoms with van der Waals surface area (Å²) in [7, 11) is 0. The minimum Gasteiger partial charge on any atom is -0.399 e. The minimum atomic E-state index is 0.701. The van der Waals surface area contributed by atoms with Crippen molar-refractivity contribution in [3.8, 4) is 0 Å². The van der Waals surface area contributed by atoms with Gasteiger partial charge in [0.15, 0.2) is 0 Å². The van der Waals surface area contributed by atoms with Gasteiger partial charge < -0.3 is 5.73 Å². The molecule has 0 fully saturated rings. The highest BCUT2D eigenvalue weighted by molar-refractivity contribution is 6.31. The Kier molecular flexibility index (Phi) is 3.60. The van der Waals surface area contributed by atoms with Gasteiger partial charge in [0.2, 0.25) is 0 Å². The van der Waals surface area contributed by atoms with Crippen molar-refractivity contribution < 1.29 is 0 Å². The van der Waals surface area contributed by atoms with E-state index in [1.807, 2.05) is 37.3 Å². The van der Waals surface area contributed by atoms with Gasteiger partial charge in [0, 0.05) is 15.7 Å². The van der Waals surface area contributed by atoms with Gasteiger partial charge in [0.25, 0.3) is 0 Å². The molecule has 0 atom stereocenters. The number of benzene rings is 2. The third-order valence-corrected chi connectivity index (χ3v) is 3.32. The summed E-state index contributed by atoms with van der Waals surface area (Å²) >= 11 is 12.1. The molecule has 2 aromatic rings. The lowest BCUT2D eigenvalue weighted by atomic mass is 10.00. The molecule has 17 heavy (non-hydrogen) atoms. The Morgan fingerprint density at radius 3 is 2.29 bits per heavy atom. The van der Waals surface area contributed by atoms with Crippen molar-refractivity contribution in [2.75, 3.05) is 5.73 Å². The fourth-order valence-electron chi connectivity index (χ4n) is 1.83. The number of aryl methyl sites for hydroxylation is 1. The average molecular weight is 266 g/mol. The predicted octanol–water partition coefficient (Wildman–Crippen LogP) is 4.47. The van der Waals surface area contributed by atoms with Gasteiger partial charge in [-0.2, -0.15) is 0 Å². The van der Waals surface area contributed by atoms with Gasteiger partial charge in [0.05, 0.1) is 0 Å². The Hall–Kier alpha value is -1.18. The van der Waals surface area contributed by atoms with Crippen LogP contribution in [0.25, 0.3) is 0 Å². The molecule has 0 amide bonds. The molecule has 0 heterocycles. The standard InChI is InChI=1S/C14H13Cl2N/c1-9-6-12(17)8-14(16)13(9)7-10-2-4-11(15)5-3-10/h2-6,8H,7,17H2,1H3. The van der Waals surface area contributed by atoms with E-state index in [2.05, 4.69) is 0 Å². The molecular formula is C14H13Cl2N. The number of hydrogen-bond acceptors (Lipinski definition) is 1. The number of rotatable bonds is 2. The van der Waals surface area contributed by atoms with Crippen LogP contribution < -0.4 is 5.73 Å². The summed E-state index contributed by atoms with van der Waals surface area (Å²) < 4.78 is 0. The smallest absolute Gasteiger partial charge is 0.0464 e. The summed E-state index contributed by atoms with van der Waals surface area (Å²) in [4.78, 5) is 0. The molecule has 0 bridgehead atoms. The van der Waals surface area contributed by atoms with Crippen molar-refractivity contribution in [1.82, 2.24) is 0 Å². The maximum absolute atomic E-state index is 6.21. The molecule has 2 aromatic carbocycles. The lowest BCUT2D eigenvalue weighted by Gasteiger charge is -2.10. The molecule has 0 saturated heterocycles. The molecule has 2 rings (SSSR count). The maximum Gasteiger partial charge on any atom is 0.0464 e. The minimum absolute atomic E-state index is 0.701. The van der Waals surface area contributed by atoms with Crippen LogP contribution in [0, 0.1) is 6.92 Å². The van der Waals surface area contributed by atoms with E-state index in [9.17, 15) is 0 Å². The number of nitrogens with two attached hydrogens (primary N) is 1. The SMILES string of the molecule is Cc1cc(N)cc(Cl)c1Cc1ccc(Cl)cc1. The second-order valence-corrected chi connectivity index (χ2v) is 4.95. The van der Waals surface area contributed by atoms with Gasteiger partial charge in [-0.15, -0.1) is 0 Å². The highest BCUT2D eigenvalue weighted by atomic mass is 35.5. The molecule has 0 aliphatic carbocycles. The zero-order chi connectivity index (χ0) is 12.4. The Labute approximate surface area is 111 Å². The number of nitrogen functional groups attached to an aromatic ring is 1. The van der Waals surface area contributed by atoms with E-state index in [0.717, 1.165) is 27.6 Å². The second kappa shape index (κ2) is 4.99. The van der Waals surface area contributed by atoms with E-state index in [4.69, 9.17) is 28.9 Å². The van der Waals surface area contributed by atoms with Gasteiger partial charge in [-0.25, -0.2) is 0 Å². The van der Waals surface area contributed by atoms with Crippen LogP contribution in [-0.4, -0.2) is 0 Å². The first-order valence-electron chi connectivity index (χ1n) is 5.35. The van der Waals surface area contributed by atoms with E-state index < -0.39 is 0 Å². The van der Waals surface area contributed by atoms with Crippen molar-refractivity contribution in [1.29, 1.82) is 0 Å². The fraction of sp³-hybridized carbons (Fsp3) is 0.143. The lowest BCUT2D eigenvalue weighted by Crippen LogP contribution is -1.96. The molecule has 0 spiro atoms. The molecule has 0 radical (unpaired) electrons. The first-order chi connectivity index (χ1) is 8.06. The topological polar surface area (TPSA) is 26.0 Å².